The van der Waals surface area contributed by atoms with Gasteiger partial charge in [0.2, 0.25) is 11.6 Å². The Labute approximate surface area is 192 Å². The molecular formula is C20H19N9O5. The Kier molecular flexibility index (Phi) is 6.38. The lowest BCUT2D eigenvalue weighted by atomic mass is 10.2. The highest BCUT2D eigenvalue weighted by molar-refractivity contribution is 5.98. The van der Waals surface area contributed by atoms with Crippen molar-refractivity contribution in [3.05, 3.63) is 80.8 Å². The Morgan fingerprint density at radius 1 is 0.882 bits per heavy atom. The number of nitro benzene ring substituents is 1. The predicted molar refractivity (Wildman–Crippen MR) is 122 cm³/mol. The molecule has 1 saturated heterocycles. The van der Waals surface area contributed by atoms with Gasteiger partial charge in [0.05, 0.1) is 9.85 Å². The largest absolute Gasteiger partial charge is 0.355 e. The van der Waals surface area contributed by atoms with E-state index < -0.39 is 27.1 Å². The number of aromatic nitrogens is 3. The molecule has 14 nitrogen and oxygen atoms in total. The summed E-state index contributed by atoms with van der Waals surface area (Å²) in [5.41, 5.74) is 3.63. The number of anilines is 3. The van der Waals surface area contributed by atoms with Gasteiger partial charge in [-0.3, -0.25) is 35.9 Å². The lowest BCUT2D eigenvalue weighted by Gasteiger charge is -2.35. The first-order valence-corrected chi connectivity index (χ1v) is 10.2. The maximum atomic E-state index is 12.5. The summed E-state index contributed by atoms with van der Waals surface area (Å²) in [7, 11) is 0. The van der Waals surface area contributed by atoms with Crippen LogP contribution >= 0.6 is 0 Å². The second-order valence-corrected chi connectivity index (χ2v) is 7.17. The molecule has 2 aromatic heterocycles. The van der Waals surface area contributed by atoms with E-state index in [-0.39, 0.29) is 17.2 Å². The number of hydrogen-bond donors (Lipinski definition) is 2. The van der Waals surface area contributed by atoms with Crippen molar-refractivity contribution in [2.24, 2.45) is 0 Å². The van der Waals surface area contributed by atoms with E-state index >= 15 is 0 Å². The fourth-order valence-corrected chi connectivity index (χ4v) is 3.56. The highest BCUT2D eigenvalue weighted by Crippen LogP contribution is 2.32. The summed E-state index contributed by atoms with van der Waals surface area (Å²) in [6.07, 6.45) is 2.85. The second kappa shape index (κ2) is 9.72. The Morgan fingerprint density at radius 2 is 1.59 bits per heavy atom. The first-order chi connectivity index (χ1) is 16.5. The summed E-state index contributed by atoms with van der Waals surface area (Å²) in [6.45, 7) is 2.07. The molecule has 1 aliphatic heterocycles. The standard InChI is InChI=1S/C20H19N9O5/c30-20(14-5-1-2-6-15(14)28(31)32)25-24-18-17(29(33)34)19(23-13-22-18)27-11-9-26(10-12-27)16-7-3-4-8-21-16/h1-8,13H,9-12H2,(H,25,30)(H,22,23,24). The Balaban J connectivity index is 1.50. The van der Waals surface area contributed by atoms with Crippen LogP contribution in [0.25, 0.3) is 0 Å². The Bertz CT molecular complexity index is 1220. The Hall–Kier alpha value is -4.88. The molecule has 3 aromatic rings. The van der Waals surface area contributed by atoms with Gasteiger partial charge in [0.15, 0.2) is 0 Å². The summed E-state index contributed by atoms with van der Waals surface area (Å²) >= 11 is 0. The van der Waals surface area contributed by atoms with Gasteiger partial charge in [0.1, 0.15) is 17.7 Å². The molecule has 0 spiro atoms. The minimum absolute atomic E-state index is 0.100. The van der Waals surface area contributed by atoms with Crippen molar-refractivity contribution in [2.75, 3.05) is 41.4 Å². The van der Waals surface area contributed by atoms with Crippen molar-refractivity contribution in [1.29, 1.82) is 0 Å². The lowest BCUT2D eigenvalue weighted by Crippen LogP contribution is -2.47. The number of pyridine rings is 1. The van der Waals surface area contributed by atoms with E-state index in [4.69, 9.17) is 0 Å². The number of hydrazine groups is 1. The van der Waals surface area contributed by atoms with Crippen LogP contribution in [0.3, 0.4) is 0 Å². The van der Waals surface area contributed by atoms with Gasteiger partial charge in [-0.15, -0.1) is 0 Å². The van der Waals surface area contributed by atoms with E-state index in [0.717, 1.165) is 12.1 Å². The number of carbonyl (C=O) groups is 1. The summed E-state index contributed by atoms with van der Waals surface area (Å²) < 4.78 is 0. The van der Waals surface area contributed by atoms with E-state index in [1.165, 1.54) is 24.3 Å². The van der Waals surface area contributed by atoms with Crippen LogP contribution in [-0.4, -0.2) is 56.9 Å². The topological polar surface area (TPSA) is 173 Å². The van der Waals surface area contributed by atoms with Crippen LogP contribution in [0.4, 0.5) is 28.8 Å². The van der Waals surface area contributed by atoms with Crippen molar-refractivity contribution in [1.82, 2.24) is 20.4 Å². The number of piperazine rings is 1. The van der Waals surface area contributed by atoms with Crippen LogP contribution in [0.2, 0.25) is 0 Å². The highest BCUT2D eigenvalue weighted by atomic mass is 16.6. The number of nitro groups is 2. The molecule has 4 rings (SSSR count). The van der Waals surface area contributed by atoms with Gasteiger partial charge in [-0.25, -0.2) is 15.0 Å². The molecule has 0 radical (unpaired) electrons. The maximum Gasteiger partial charge on any atom is 0.355 e. The molecule has 3 heterocycles. The van der Waals surface area contributed by atoms with Gasteiger partial charge in [0, 0.05) is 38.4 Å². The molecule has 0 atom stereocenters. The van der Waals surface area contributed by atoms with Crippen LogP contribution in [0.15, 0.2) is 55.0 Å². The SMILES string of the molecule is O=C(NNc1ncnc(N2CCN(c3ccccn3)CC2)c1[N+](=O)[O-])c1ccccc1[N+](=O)[O-]. The number of benzene rings is 1. The molecule has 1 aliphatic rings. The molecule has 1 fully saturated rings. The van der Waals surface area contributed by atoms with Crippen LogP contribution < -0.4 is 20.7 Å². The molecule has 174 valence electrons. The number of rotatable bonds is 7. The zero-order valence-electron chi connectivity index (χ0n) is 17.7. The molecule has 1 aromatic carbocycles. The summed E-state index contributed by atoms with van der Waals surface area (Å²) in [4.78, 5) is 50.3. The molecule has 34 heavy (non-hydrogen) atoms. The third-order valence-electron chi connectivity index (χ3n) is 5.18. The third-order valence-corrected chi connectivity index (χ3v) is 5.18. The van der Waals surface area contributed by atoms with E-state index in [2.05, 4.69) is 30.7 Å². The number of para-hydroxylation sites is 1. The highest BCUT2D eigenvalue weighted by Gasteiger charge is 2.30. The molecular weight excluding hydrogens is 446 g/mol. The third kappa shape index (κ3) is 4.64. The van der Waals surface area contributed by atoms with E-state index in [9.17, 15) is 25.0 Å². The predicted octanol–water partition coefficient (Wildman–Crippen LogP) is 1.77. The van der Waals surface area contributed by atoms with E-state index in [0.29, 0.717) is 26.2 Å². The van der Waals surface area contributed by atoms with E-state index in [1.54, 1.807) is 11.1 Å². The molecule has 0 saturated carbocycles. The Morgan fingerprint density at radius 3 is 2.26 bits per heavy atom. The number of amides is 1. The number of carbonyl (C=O) groups excluding carboxylic acids is 1. The number of nitrogens with one attached hydrogen (secondary N) is 2. The average Bonchev–Trinajstić information content (AvgIpc) is 2.87. The fraction of sp³-hybridized carbons (Fsp3) is 0.200. The van der Waals surface area contributed by atoms with Gasteiger partial charge in [0.25, 0.3) is 11.6 Å². The molecule has 0 bridgehead atoms. The van der Waals surface area contributed by atoms with Gasteiger partial charge in [-0.05, 0) is 18.2 Å². The smallest absolute Gasteiger partial charge is 0.353 e. The van der Waals surface area contributed by atoms with Gasteiger partial charge in [-0.2, -0.15) is 0 Å². The quantitative estimate of drug-likeness (QED) is 0.384. The second-order valence-electron chi connectivity index (χ2n) is 7.17. The number of nitrogens with zero attached hydrogens (tertiary/aromatic N) is 7. The van der Waals surface area contributed by atoms with Crippen molar-refractivity contribution in [3.8, 4) is 0 Å². The van der Waals surface area contributed by atoms with Crippen LogP contribution in [0.1, 0.15) is 10.4 Å². The molecule has 2 N–H and O–H groups in total. The maximum absolute atomic E-state index is 12.5. The average molecular weight is 465 g/mol. The van der Waals surface area contributed by atoms with Crippen molar-refractivity contribution in [2.45, 2.75) is 0 Å². The fourth-order valence-electron chi connectivity index (χ4n) is 3.56. The van der Waals surface area contributed by atoms with Gasteiger partial charge in [-0.1, -0.05) is 18.2 Å². The molecule has 0 aliphatic carbocycles. The normalized spacial score (nSPS) is 13.3. The first kappa shape index (κ1) is 22.3. The minimum Gasteiger partial charge on any atom is -0.353 e. The van der Waals surface area contributed by atoms with Crippen LogP contribution in [-0.2, 0) is 0 Å². The van der Waals surface area contributed by atoms with Gasteiger partial charge < -0.3 is 9.80 Å². The van der Waals surface area contributed by atoms with Crippen molar-refractivity contribution in [3.63, 3.8) is 0 Å². The van der Waals surface area contributed by atoms with Crippen molar-refractivity contribution >= 4 is 34.7 Å². The van der Waals surface area contributed by atoms with E-state index in [1.807, 2.05) is 18.2 Å². The summed E-state index contributed by atoms with van der Waals surface area (Å²) in [5, 5.41) is 23.0. The monoisotopic (exact) mass is 465 g/mol. The minimum atomic E-state index is -0.842. The lowest BCUT2D eigenvalue weighted by molar-refractivity contribution is -0.385. The summed E-state index contributed by atoms with van der Waals surface area (Å²) in [5.74, 6) is -0.164. The van der Waals surface area contributed by atoms with Crippen LogP contribution in [0.5, 0.6) is 0 Å². The summed E-state index contributed by atoms with van der Waals surface area (Å²) in [6, 6.07) is 11.0. The molecule has 0 unspecified atom stereocenters. The van der Waals surface area contributed by atoms with Crippen molar-refractivity contribution < 1.29 is 14.6 Å². The first-order valence-electron chi connectivity index (χ1n) is 10.2. The van der Waals surface area contributed by atoms with Crippen LogP contribution in [0, 0.1) is 20.2 Å². The number of hydrogen-bond acceptors (Lipinski definition) is 11. The zero-order chi connectivity index (χ0) is 24.1. The van der Waals surface area contributed by atoms with Gasteiger partial charge >= 0.3 is 5.69 Å². The zero-order valence-corrected chi connectivity index (χ0v) is 17.7. The molecule has 1 amide bonds. The molecule has 14 heteroatoms.